The van der Waals surface area contributed by atoms with Gasteiger partial charge in [-0.05, 0) is 12.8 Å². The predicted octanol–water partition coefficient (Wildman–Crippen LogP) is 0.637. The minimum absolute atomic E-state index is 0.149. The van der Waals surface area contributed by atoms with Crippen LogP contribution in [-0.2, 0) is 16.0 Å². The maximum absolute atomic E-state index is 11.8. The third kappa shape index (κ3) is 2.98. The highest BCUT2D eigenvalue weighted by atomic mass is 32.1. The Kier molecular flexibility index (Phi) is 3.81. The minimum Gasteiger partial charge on any atom is -0.481 e. The summed E-state index contributed by atoms with van der Waals surface area (Å²) >= 11 is 1.29. The Labute approximate surface area is 108 Å². The van der Waals surface area contributed by atoms with E-state index < -0.39 is 11.9 Å². The van der Waals surface area contributed by atoms with Crippen LogP contribution in [-0.4, -0.2) is 28.0 Å². The van der Waals surface area contributed by atoms with Crippen LogP contribution in [0.4, 0.5) is 5.13 Å². The Balaban J connectivity index is 1.89. The predicted molar refractivity (Wildman–Crippen MR) is 67.1 cm³/mol. The van der Waals surface area contributed by atoms with Gasteiger partial charge in [0.15, 0.2) is 5.13 Å². The average molecular weight is 269 g/mol. The molecule has 2 rings (SSSR count). The number of carbonyl (C=O) groups excluding carboxylic acids is 1. The zero-order valence-corrected chi connectivity index (χ0v) is 10.6. The van der Waals surface area contributed by atoms with Crippen LogP contribution < -0.4 is 11.1 Å². The van der Waals surface area contributed by atoms with E-state index in [2.05, 4.69) is 10.3 Å². The number of rotatable bonds is 4. The van der Waals surface area contributed by atoms with E-state index in [0.29, 0.717) is 17.2 Å². The molecule has 1 aromatic heterocycles. The number of amides is 1. The Morgan fingerprint density at radius 3 is 2.94 bits per heavy atom. The summed E-state index contributed by atoms with van der Waals surface area (Å²) in [4.78, 5) is 26.7. The first kappa shape index (κ1) is 12.8. The van der Waals surface area contributed by atoms with Crippen molar-refractivity contribution in [3.05, 3.63) is 11.1 Å². The first-order valence-corrected chi connectivity index (χ1v) is 6.66. The van der Waals surface area contributed by atoms with Crippen LogP contribution in [0.3, 0.4) is 0 Å². The number of anilines is 1. The number of hydrogen-bond donors (Lipinski definition) is 3. The van der Waals surface area contributed by atoms with Crippen LogP contribution in [0.5, 0.6) is 0 Å². The zero-order chi connectivity index (χ0) is 13.1. The molecule has 7 heteroatoms. The first-order chi connectivity index (χ1) is 8.56. The van der Waals surface area contributed by atoms with E-state index in [0.717, 1.165) is 12.8 Å². The van der Waals surface area contributed by atoms with Crippen molar-refractivity contribution in [3.63, 3.8) is 0 Å². The van der Waals surface area contributed by atoms with Crippen LogP contribution in [0.2, 0.25) is 0 Å². The van der Waals surface area contributed by atoms with Crippen molar-refractivity contribution in [1.82, 2.24) is 10.3 Å². The highest BCUT2D eigenvalue weighted by molar-refractivity contribution is 7.13. The number of carbonyl (C=O) groups is 2. The molecule has 18 heavy (non-hydrogen) atoms. The van der Waals surface area contributed by atoms with Crippen molar-refractivity contribution in [3.8, 4) is 0 Å². The van der Waals surface area contributed by atoms with Gasteiger partial charge in [0.2, 0.25) is 5.91 Å². The van der Waals surface area contributed by atoms with Crippen molar-refractivity contribution in [2.45, 2.75) is 31.7 Å². The van der Waals surface area contributed by atoms with Gasteiger partial charge >= 0.3 is 5.97 Å². The van der Waals surface area contributed by atoms with Gasteiger partial charge in [-0.25, -0.2) is 4.98 Å². The maximum atomic E-state index is 11.8. The summed E-state index contributed by atoms with van der Waals surface area (Å²) in [5, 5.41) is 14.0. The van der Waals surface area contributed by atoms with Gasteiger partial charge in [-0.1, -0.05) is 6.42 Å². The fraction of sp³-hybridized carbons (Fsp3) is 0.545. The van der Waals surface area contributed by atoms with E-state index in [-0.39, 0.29) is 18.4 Å². The highest BCUT2D eigenvalue weighted by Gasteiger charge is 2.33. The van der Waals surface area contributed by atoms with E-state index >= 15 is 0 Å². The standard InChI is InChI=1S/C11H15N3O3S/c12-11-13-6(5-18-11)4-9(15)14-8-3-1-2-7(8)10(16)17/h5,7-8H,1-4H2,(H2,12,13)(H,14,15)(H,16,17). The smallest absolute Gasteiger partial charge is 0.308 e. The molecule has 0 aliphatic heterocycles. The van der Waals surface area contributed by atoms with Crippen LogP contribution >= 0.6 is 11.3 Å². The molecule has 0 aromatic carbocycles. The molecule has 1 saturated carbocycles. The van der Waals surface area contributed by atoms with Crippen LogP contribution in [0, 0.1) is 5.92 Å². The molecular formula is C11H15N3O3S. The molecule has 0 radical (unpaired) electrons. The number of hydrogen-bond acceptors (Lipinski definition) is 5. The molecular weight excluding hydrogens is 254 g/mol. The molecule has 1 aliphatic rings. The summed E-state index contributed by atoms with van der Waals surface area (Å²) in [6, 6.07) is -0.258. The second-order valence-electron chi connectivity index (χ2n) is 4.40. The summed E-state index contributed by atoms with van der Waals surface area (Å²) < 4.78 is 0. The van der Waals surface area contributed by atoms with Gasteiger partial charge in [-0.3, -0.25) is 9.59 Å². The SMILES string of the molecule is Nc1nc(CC(=O)NC2CCCC2C(=O)O)cs1. The van der Waals surface area contributed by atoms with E-state index in [1.807, 2.05) is 0 Å². The molecule has 1 aromatic rings. The lowest BCUT2D eigenvalue weighted by atomic mass is 10.0. The molecule has 4 N–H and O–H groups in total. The van der Waals surface area contributed by atoms with Crippen molar-refractivity contribution in [1.29, 1.82) is 0 Å². The molecule has 0 spiro atoms. The number of nitrogens with two attached hydrogens (primary N) is 1. The van der Waals surface area contributed by atoms with Crippen LogP contribution in [0.15, 0.2) is 5.38 Å². The average Bonchev–Trinajstić information content (AvgIpc) is 2.87. The summed E-state index contributed by atoms with van der Waals surface area (Å²) in [5.74, 6) is -1.50. The maximum Gasteiger partial charge on any atom is 0.308 e. The van der Waals surface area contributed by atoms with Gasteiger partial charge in [-0.2, -0.15) is 0 Å². The van der Waals surface area contributed by atoms with E-state index in [1.54, 1.807) is 5.38 Å². The van der Waals surface area contributed by atoms with E-state index in [1.165, 1.54) is 11.3 Å². The zero-order valence-electron chi connectivity index (χ0n) is 9.76. The number of aliphatic carboxylic acids is 1. The fourth-order valence-electron chi connectivity index (χ4n) is 2.25. The number of carboxylic acids is 1. The lowest BCUT2D eigenvalue weighted by Gasteiger charge is -2.17. The summed E-state index contributed by atoms with van der Waals surface area (Å²) in [7, 11) is 0. The normalized spacial score (nSPS) is 22.9. The van der Waals surface area contributed by atoms with Crippen LogP contribution in [0.25, 0.3) is 0 Å². The lowest BCUT2D eigenvalue weighted by Crippen LogP contribution is -2.40. The molecule has 1 amide bonds. The number of nitrogens with zero attached hydrogens (tertiary/aromatic N) is 1. The molecule has 6 nitrogen and oxygen atoms in total. The van der Waals surface area contributed by atoms with Gasteiger partial charge in [0, 0.05) is 11.4 Å². The van der Waals surface area contributed by atoms with E-state index in [9.17, 15) is 9.59 Å². The molecule has 0 saturated heterocycles. The quantitative estimate of drug-likeness (QED) is 0.743. The van der Waals surface area contributed by atoms with Gasteiger partial charge in [-0.15, -0.1) is 11.3 Å². The largest absolute Gasteiger partial charge is 0.481 e. The van der Waals surface area contributed by atoms with Crippen molar-refractivity contribution in [2.75, 3.05) is 5.73 Å². The Morgan fingerprint density at radius 2 is 2.33 bits per heavy atom. The van der Waals surface area contributed by atoms with Gasteiger partial charge in [0.1, 0.15) is 0 Å². The molecule has 1 fully saturated rings. The third-order valence-corrected chi connectivity index (χ3v) is 3.81. The van der Waals surface area contributed by atoms with Crippen molar-refractivity contribution >= 4 is 28.3 Å². The van der Waals surface area contributed by atoms with Gasteiger partial charge in [0.25, 0.3) is 0 Å². The Bertz CT molecular complexity index is 460. The topological polar surface area (TPSA) is 105 Å². The number of thiazole rings is 1. The number of nitrogens with one attached hydrogen (secondary N) is 1. The number of aromatic nitrogens is 1. The summed E-state index contributed by atoms with van der Waals surface area (Å²) in [5.41, 5.74) is 6.10. The molecule has 0 bridgehead atoms. The monoisotopic (exact) mass is 269 g/mol. The second-order valence-corrected chi connectivity index (χ2v) is 5.29. The summed E-state index contributed by atoms with van der Waals surface area (Å²) in [6.07, 6.45) is 2.34. The molecule has 1 heterocycles. The molecule has 2 atom stereocenters. The highest BCUT2D eigenvalue weighted by Crippen LogP contribution is 2.25. The second kappa shape index (κ2) is 5.34. The fourth-order valence-corrected chi connectivity index (χ4v) is 2.82. The van der Waals surface area contributed by atoms with Gasteiger partial charge < -0.3 is 16.2 Å². The molecule has 2 unspecified atom stereocenters. The molecule has 1 aliphatic carbocycles. The first-order valence-electron chi connectivity index (χ1n) is 5.78. The number of carboxylic acid groups (broad SMARTS) is 1. The lowest BCUT2D eigenvalue weighted by molar-refractivity contribution is -0.142. The number of nitrogen functional groups attached to an aromatic ring is 1. The van der Waals surface area contributed by atoms with Crippen LogP contribution in [0.1, 0.15) is 25.0 Å². The Morgan fingerprint density at radius 1 is 1.56 bits per heavy atom. The van der Waals surface area contributed by atoms with Gasteiger partial charge in [0.05, 0.1) is 18.0 Å². The van der Waals surface area contributed by atoms with Crippen molar-refractivity contribution < 1.29 is 14.7 Å². The third-order valence-electron chi connectivity index (χ3n) is 3.09. The minimum atomic E-state index is -0.837. The van der Waals surface area contributed by atoms with Crippen molar-refractivity contribution in [2.24, 2.45) is 5.92 Å². The van der Waals surface area contributed by atoms with E-state index in [4.69, 9.17) is 10.8 Å². The molecule has 98 valence electrons. The summed E-state index contributed by atoms with van der Waals surface area (Å²) in [6.45, 7) is 0. The Hall–Kier alpha value is -1.63.